The number of alkyl halides is 6. The topological polar surface area (TPSA) is 192 Å². The number of nitrogen functional groups attached to an aromatic ring is 1. The molecule has 3 aromatic carbocycles. The fourth-order valence-corrected chi connectivity index (χ4v) is 4.66. The Bertz CT molecular complexity index is 1970. The SMILES string of the molecule is CCOC(=O)COC(=O)c1cc(Oc2ccc(C(F)(F)F)cc2Cl)ccc1[N+](=O)[O-].Nc1c([N+](=O)[O-])cnn1-c1c(Cl)cc(C(F)(F)F)cc1Cl. The standard InChI is InChI=1S/C18H13ClF3NO7.C10H5Cl2F3N4O2/c1-2-28-16(24)9-29-17(25)12-8-11(4-5-14(12)23(26)27)30-15-6-3-10(7-13(15)19)18(20,21)22;11-5-1-4(10(13,14)15)2-6(12)8(5)18-9(16)7(3-17-18)19(20)21/h3-8H,2,9H2,1H3;1-3H,16H2. The van der Waals surface area contributed by atoms with Crippen molar-refractivity contribution < 1.29 is 60.0 Å². The van der Waals surface area contributed by atoms with Crippen LogP contribution in [0.5, 0.6) is 11.5 Å². The van der Waals surface area contributed by atoms with Crippen LogP contribution in [0.25, 0.3) is 5.69 Å². The summed E-state index contributed by atoms with van der Waals surface area (Å²) >= 11 is 17.3. The van der Waals surface area contributed by atoms with Crippen LogP contribution in [0.3, 0.4) is 0 Å². The summed E-state index contributed by atoms with van der Waals surface area (Å²) in [5.74, 6) is -2.76. The number of nitrogens with two attached hydrogens (primary N) is 1. The van der Waals surface area contributed by atoms with E-state index in [1.807, 2.05) is 0 Å². The molecule has 0 radical (unpaired) electrons. The third-order valence-electron chi connectivity index (χ3n) is 6.04. The summed E-state index contributed by atoms with van der Waals surface area (Å²) in [6.07, 6.45) is -8.39. The third-order valence-corrected chi connectivity index (χ3v) is 6.91. The summed E-state index contributed by atoms with van der Waals surface area (Å²) in [5, 5.41) is 24.3. The number of halogens is 9. The molecule has 0 aliphatic heterocycles. The van der Waals surface area contributed by atoms with Gasteiger partial charge in [0.1, 0.15) is 28.9 Å². The van der Waals surface area contributed by atoms with Crippen LogP contribution in [-0.2, 0) is 26.6 Å². The highest BCUT2D eigenvalue weighted by atomic mass is 35.5. The number of anilines is 1. The van der Waals surface area contributed by atoms with Crippen LogP contribution in [0.2, 0.25) is 15.1 Å². The number of esters is 2. The molecule has 14 nitrogen and oxygen atoms in total. The smallest absolute Gasteiger partial charge is 0.416 e. The first-order chi connectivity index (χ1) is 23.6. The van der Waals surface area contributed by atoms with Crippen molar-refractivity contribution in [1.29, 1.82) is 0 Å². The fourth-order valence-electron chi connectivity index (χ4n) is 3.79. The Balaban J connectivity index is 0.000000293. The zero-order valence-electron chi connectivity index (χ0n) is 25.1. The van der Waals surface area contributed by atoms with Gasteiger partial charge in [-0.2, -0.15) is 31.4 Å². The molecule has 1 heterocycles. The minimum absolute atomic E-state index is 0.0493. The van der Waals surface area contributed by atoms with E-state index in [1.54, 1.807) is 0 Å². The normalized spacial score (nSPS) is 11.3. The van der Waals surface area contributed by atoms with Gasteiger partial charge in [0.2, 0.25) is 5.82 Å². The monoisotopic (exact) mass is 787 g/mol. The Hall–Kier alpha value is -5.34. The Kier molecular flexibility index (Phi) is 12.7. The second-order valence-electron chi connectivity index (χ2n) is 9.43. The Morgan fingerprint density at radius 3 is 1.90 bits per heavy atom. The van der Waals surface area contributed by atoms with E-state index in [0.717, 1.165) is 41.2 Å². The summed E-state index contributed by atoms with van der Waals surface area (Å²) in [7, 11) is 0. The molecule has 4 rings (SSSR count). The lowest BCUT2D eigenvalue weighted by Crippen LogP contribution is -2.17. The van der Waals surface area contributed by atoms with Crippen molar-refractivity contribution >= 4 is 63.9 Å². The molecule has 0 bridgehead atoms. The van der Waals surface area contributed by atoms with Crippen molar-refractivity contribution in [3.8, 4) is 17.2 Å². The highest BCUT2D eigenvalue weighted by Crippen LogP contribution is 2.40. The minimum atomic E-state index is -4.63. The number of benzene rings is 3. The number of aromatic nitrogens is 2. The summed E-state index contributed by atoms with van der Waals surface area (Å²) in [5.41, 5.74) is 1.62. The summed E-state index contributed by atoms with van der Waals surface area (Å²) in [4.78, 5) is 43.7. The molecule has 0 unspecified atom stereocenters. The number of rotatable bonds is 9. The van der Waals surface area contributed by atoms with Crippen molar-refractivity contribution in [2.45, 2.75) is 19.3 Å². The third kappa shape index (κ3) is 10.1. The van der Waals surface area contributed by atoms with E-state index in [-0.39, 0.29) is 38.9 Å². The highest BCUT2D eigenvalue weighted by Gasteiger charge is 2.33. The number of nitro benzene ring substituents is 1. The molecule has 0 aliphatic carbocycles. The van der Waals surface area contributed by atoms with Gasteiger partial charge in [-0.25, -0.2) is 14.3 Å². The van der Waals surface area contributed by atoms with Crippen molar-refractivity contribution in [2.75, 3.05) is 18.9 Å². The lowest BCUT2D eigenvalue weighted by atomic mass is 10.1. The van der Waals surface area contributed by atoms with Gasteiger partial charge in [-0.3, -0.25) is 20.2 Å². The van der Waals surface area contributed by atoms with Crippen molar-refractivity contribution in [3.05, 3.63) is 107 Å². The predicted molar refractivity (Wildman–Crippen MR) is 166 cm³/mol. The molecule has 23 heteroatoms. The van der Waals surface area contributed by atoms with E-state index in [4.69, 9.17) is 50.0 Å². The number of carbonyl (C=O) groups is 2. The summed E-state index contributed by atoms with van der Waals surface area (Å²) in [6.45, 7) is 0.825. The highest BCUT2D eigenvalue weighted by molar-refractivity contribution is 6.38. The molecule has 272 valence electrons. The maximum atomic E-state index is 12.7. The number of nitro groups is 2. The van der Waals surface area contributed by atoms with Gasteiger partial charge in [-0.1, -0.05) is 34.8 Å². The van der Waals surface area contributed by atoms with Gasteiger partial charge in [-0.05, 0) is 43.3 Å². The van der Waals surface area contributed by atoms with Crippen LogP contribution in [0, 0.1) is 20.2 Å². The van der Waals surface area contributed by atoms with Gasteiger partial charge < -0.3 is 19.9 Å². The molecule has 0 amide bonds. The number of hydrogen-bond acceptors (Lipinski definition) is 11. The number of carbonyl (C=O) groups excluding carboxylic acids is 2. The Morgan fingerprint density at radius 2 is 1.41 bits per heavy atom. The average Bonchev–Trinajstić information content (AvgIpc) is 3.40. The van der Waals surface area contributed by atoms with E-state index in [2.05, 4.69) is 9.84 Å². The molecule has 0 fully saturated rings. The Labute approximate surface area is 295 Å². The molecule has 1 aromatic heterocycles. The van der Waals surface area contributed by atoms with Crippen LogP contribution in [0.1, 0.15) is 28.4 Å². The molecule has 51 heavy (non-hydrogen) atoms. The van der Waals surface area contributed by atoms with Crippen LogP contribution in [-0.4, -0.2) is 44.8 Å². The molecule has 2 N–H and O–H groups in total. The van der Waals surface area contributed by atoms with E-state index in [1.165, 1.54) is 6.92 Å². The van der Waals surface area contributed by atoms with E-state index >= 15 is 0 Å². The molecular formula is C28H18Cl3F6N5O9. The van der Waals surface area contributed by atoms with Gasteiger partial charge in [-0.15, -0.1) is 0 Å². The molecule has 0 atom stereocenters. The van der Waals surface area contributed by atoms with Crippen LogP contribution in [0.4, 0.5) is 43.5 Å². The van der Waals surface area contributed by atoms with Crippen LogP contribution in [0.15, 0.2) is 54.7 Å². The lowest BCUT2D eigenvalue weighted by molar-refractivity contribution is -0.385. The quantitative estimate of drug-likeness (QED) is 0.0740. The first kappa shape index (κ1) is 40.1. The minimum Gasteiger partial charge on any atom is -0.463 e. The summed E-state index contributed by atoms with van der Waals surface area (Å²) < 4.78 is 91.4. The van der Waals surface area contributed by atoms with Gasteiger partial charge >= 0.3 is 30.0 Å². The molecule has 0 aliphatic rings. The largest absolute Gasteiger partial charge is 0.463 e. The first-order valence-corrected chi connectivity index (χ1v) is 14.5. The average molecular weight is 789 g/mol. The maximum absolute atomic E-state index is 12.7. The zero-order chi connectivity index (χ0) is 38.4. The van der Waals surface area contributed by atoms with Gasteiger partial charge in [0.25, 0.3) is 5.69 Å². The van der Waals surface area contributed by atoms with Gasteiger partial charge in [0, 0.05) is 12.1 Å². The predicted octanol–water partition coefficient (Wildman–Crippen LogP) is 8.47. The van der Waals surface area contributed by atoms with Crippen molar-refractivity contribution in [1.82, 2.24) is 9.78 Å². The lowest BCUT2D eigenvalue weighted by Gasteiger charge is -2.12. The molecule has 0 spiro atoms. The second kappa shape index (κ2) is 16.1. The van der Waals surface area contributed by atoms with Crippen molar-refractivity contribution in [3.63, 3.8) is 0 Å². The number of nitrogens with zero attached hydrogens (tertiary/aromatic N) is 4. The zero-order valence-corrected chi connectivity index (χ0v) is 27.3. The van der Waals surface area contributed by atoms with E-state index in [9.17, 15) is 56.2 Å². The summed E-state index contributed by atoms with van der Waals surface area (Å²) in [6, 6.07) is 6.62. The molecule has 0 saturated heterocycles. The molecule has 0 saturated carbocycles. The second-order valence-corrected chi connectivity index (χ2v) is 10.7. The van der Waals surface area contributed by atoms with Crippen LogP contribution >= 0.6 is 34.8 Å². The fraction of sp³-hybridized carbons (Fsp3) is 0.179. The van der Waals surface area contributed by atoms with Gasteiger partial charge in [0.05, 0.1) is 42.6 Å². The van der Waals surface area contributed by atoms with Gasteiger partial charge in [0.15, 0.2) is 6.61 Å². The maximum Gasteiger partial charge on any atom is 0.416 e. The number of ether oxygens (including phenoxy) is 3. The molecular weight excluding hydrogens is 771 g/mol. The van der Waals surface area contributed by atoms with E-state index in [0.29, 0.717) is 18.2 Å². The number of hydrogen-bond donors (Lipinski definition) is 1. The van der Waals surface area contributed by atoms with Crippen molar-refractivity contribution in [2.24, 2.45) is 0 Å². The first-order valence-electron chi connectivity index (χ1n) is 13.4. The van der Waals surface area contributed by atoms with Crippen LogP contribution < -0.4 is 10.5 Å². The Morgan fingerprint density at radius 1 is 0.843 bits per heavy atom. The van der Waals surface area contributed by atoms with E-state index < -0.39 is 74.6 Å². The molecule has 4 aromatic rings.